The number of hydrogen-bond donors (Lipinski definition) is 1. The molecular weight excluding hydrogens is 390 g/mol. The summed E-state index contributed by atoms with van der Waals surface area (Å²) < 4.78 is 5.52. The van der Waals surface area contributed by atoms with Gasteiger partial charge in [0.1, 0.15) is 5.75 Å². The molecule has 2 aromatic carbocycles. The molecular formula is C25H23N3O3. The Morgan fingerprint density at radius 1 is 1.03 bits per heavy atom. The second kappa shape index (κ2) is 8.83. The first-order valence-electron chi connectivity index (χ1n) is 10.1. The quantitative estimate of drug-likeness (QED) is 0.506. The Morgan fingerprint density at radius 3 is 2.48 bits per heavy atom. The van der Waals surface area contributed by atoms with E-state index in [0.717, 1.165) is 22.2 Å². The van der Waals surface area contributed by atoms with Crippen molar-refractivity contribution < 1.29 is 9.53 Å². The van der Waals surface area contributed by atoms with Gasteiger partial charge in [-0.15, -0.1) is 0 Å². The van der Waals surface area contributed by atoms with Crippen LogP contribution in [0.15, 0.2) is 77.9 Å². The number of nitrogens with one attached hydrogen (secondary N) is 1. The Labute approximate surface area is 180 Å². The van der Waals surface area contributed by atoms with Gasteiger partial charge in [0.05, 0.1) is 13.2 Å². The largest absolute Gasteiger partial charge is 0.494 e. The molecule has 0 unspecified atom stereocenters. The molecule has 0 atom stereocenters. The predicted octanol–water partition coefficient (Wildman–Crippen LogP) is 4.48. The van der Waals surface area contributed by atoms with Crippen LogP contribution in [-0.4, -0.2) is 22.5 Å². The van der Waals surface area contributed by atoms with Gasteiger partial charge in [-0.3, -0.25) is 14.6 Å². The fourth-order valence-corrected chi connectivity index (χ4v) is 3.48. The number of pyridine rings is 2. The summed E-state index contributed by atoms with van der Waals surface area (Å²) in [5, 5.41) is 0.928. The summed E-state index contributed by atoms with van der Waals surface area (Å²) in [6.07, 6.45) is 3.16. The van der Waals surface area contributed by atoms with Crippen LogP contribution >= 0.6 is 0 Å². The lowest BCUT2D eigenvalue weighted by Crippen LogP contribution is -2.32. The number of hydrogen-bond acceptors (Lipinski definition) is 4. The molecule has 156 valence electrons. The first-order valence-corrected chi connectivity index (χ1v) is 10.1. The average Bonchev–Trinajstić information content (AvgIpc) is 2.79. The summed E-state index contributed by atoms with van der Waals surface area (Å²) in [6, 6.07) is 18.3. The Hall–Kier alpha value is -3.93. The molecule has 4 rings (SSSR count). The highest BCUT2D eigenvalue weighted by atomic mass is 16.5. The lowest BCUT2D eigenvalue weighted by Gasteiger charge is -2.23. The summed E-state index contributed by atoms with van der Waals surface area (Å²) in [7, 11) is 0. The number of aromatic amines is 1. The van der Waals surface area contributed by atoms with Gasteiger partial charge >= 0.3 is 0 Å². The van der Waals surface area contributed by atoms with Crippen LogP contribution in [0.2, 0.25) is 0 Å². The van der Waals surface area contributed by atoms with Crippen LogP contribution in [0.5, 0.6) is 5.75 Å². The van der Waals surface area contributed by atoms with Crippen molar-refractivity contribution in [1.29, 1.82) is 0 Å². The zero-order valence-electron chi connectivity index (χ0n) is 17.5. The van der Waals surface area contributed by atoms with Crippen LogP contribution in [-0.2, 0) is 6.54 Å². The second-order valence-electron chi connectivity index (χ2n) is 7.27. The number of anilines is 1. The predicted molar refractivity (Wildman–Crippen MR) is 122 cm³/mol. The number of nitrogens with zero attached hydrogens (tertiary/aromatic N) is 2. The number of aromatic nitrogens is 2. The lowest BCUT2D eigenvalue weighted by atomic mass is 10.1. The fraction of sp³-hybridized carbons (Fsp3) is 0.160. The highest BCUT2D eigenvalue weighted by Crippen LogP contribution is 2.24. The number of aryl methyl sites for hydroxylation is 1. The Balaban J connectivity index is 1.75. The zero-order valence-corrected chi connectivity index (χ0v) is 17.5. The molecule has 31 heavy (non-hydrogen) atoms. The SMILES string of the molecule is CCOc1ccc(N(Cc2cc3cc(C)ccc3[nH]c2=O)C(=O)c2ccncc2)cc1. The van der Waals surface area contributed by atoms with Crippen LogP contribution < -0.4 is 15.2 Å². The van der Waals surface area contributed by atoms with Crippen molar-refractivity contribution in [3.63, 3.8) is 0 Å². The zero-order chi connectivity index (χ0) is 21.8. The minimum absolute atomic E-state index is 0.133. The van der Waals surface area contributed by atoms with E-state index in [1.807, 2.05) is 62.4 Å². The van der Waals surface area contributed by atoms with Crippen molar-refractivity contribution in [2.24, 2.45) is 0 Å². The van der Waals surface area contributed by atoms with Crippen molar-refractivity contribution in [3.8, 4) is 5.75 Å². The molecule has 0 aliphatic carbocycles. The molecule has 0 aliphatic heterocycles. The van der Waals surface area contributed by atoms with Gasteiger partial charge in [0.25, 0.3) is 11.5 Å². The first-order chi connectivity index (χ1) is 15.0. The van der Waals surface area contributed by atoms with Crippen molar-refractivity contribution in [2.45, 2.75) is 20.4 Å². The van der Waals surface area contributed by atoms with Gasteiger partial charge in [0.15, 0.2) is 0 Å². The number of H-pyrrole nitrogens is 1. The van der Waals surface area contributed by atoms with Gasteiger partial charge in [-0.2, -0.15) is 0 Å². The lowest BCUT2D eigenvalue weighted by molar-refractivity contribution is 0.0985. The van der Waals surface area contributed by atoms with Crippen molar-refractivity contribution in [3.05, 3.63) is 100 Å². The highest BCUT2D eigenvalue weighted by Gasteiger charge is 2.20. The van der Waals surface area contributed by atoms with Crippen LogP contribution in [0, 0.1) is 6.92 Å². The molecule has 0 fully saturated rings. The first kappa shape index (κ1) is 20.3. The minimum atomic E-state index is -0.213. The summed E-state index contributed by atoms with van der Waals surface area (Å²) >= 11 is 0. The van der Waals surface area contributed by atoms with Crippen molar-refractivity contribution >= 4 is 22.5 Å². The van der Waals surface area contributed by atoms with E-state index < -0.39 is 0 Å². The van der Waals surface area contributed by atoms with E-state index in [9.17, 15) is 9.59 Å². The molecule has 0 spiro atoms. The summed E-state index contributed by atoms with van der Waals surface area (Å²) in [5.41, 5.74) is 3.34. The molecule has 6 heteroatoms. The van der Waals surface area contributed by atoms with E-state index in [-0.39, 0.29) is 18.0 Å². The molecule has 6 nitrogen and oxygen atoms in total. The van der Waals surface area contributed by atoms with E-state index in [0.29, 0.717) is 23.4 Å². The molecule has 0 radical (unpaired) electrons. The number of amides is 1. The number of fused-ring (bicyclic) bond motifs is 1. The molecule has 0 saturated heterocycles. The fourth-order valence-electron chi connectivity index (χ4n) is 3.48. The third-order valence-corrected chi connectivity index (χ3v) is 5.04. The molecule has 1 N–H and O–H groups in total. The van der Waals surface area contributed by atoms with Gasteiger partial charge in [-0.25, -0.2) is 0 Å². The maximum atomic E-state index is 13.3. The minimum Gasteiger partial charge on any atom is -0.494 e. The molecule has 2 heterocycles. The van der Waals surface area contributed by atoms with Gasteiger partial charge < -0.3 is 14.6 Å². The van der Waals surface area contributed by atoms with E-state index in [4.69, 9.17) is 4.74 Å². The van der Waals surface area contributed by atoms with Crippen LogP contribution in [0.25, 0.3) is 10.9 Å². The maximum Gasteiger partial charge on any atom is 0.258 e. The number of carbonyl (C=O) groups excluding carboxylic acids is 1. The van der Waals surface area contributed by atoms with Gasteiger partial charge in [0, 0.05) is 34.7 Å². The smallest absolute Gasteiger partial charge is 0.258 e. The Bertz CT molecular complexity index is 1260. The third-order valence-electron chi connectivity index (χ3n) is 5.04. The van der Waals surface area contributed by atoms with E-state index in [1.54, 1.807) is 29.4 Å². The number of carbonyl (C=O) groups is 1. The highest BCUT2D eigenvalue weighted by molar-refractivity contribution is 6.06. The number of rotatable bonds is 6. The third kappa shape index (κ3) is 4.48. The monoisotopic (exact) mass is 413 g/mol. The van der Waals surface area contributed by atoms with Gasteiger partial charge in [-0.05, 0) is 73.8 Å². The van der Waals surface area contributed by atoms with Crippen LogP contribution in [0.3, 0.4) is 0 Å². The number of ether oxygens (including phenoxy) is 1. The molecule has 2 aromatic heterocycles. The number of benzene rings is 2. The van der Waals surface area contributed by atoms with E-state index >= 15 is 0 Å². The van der Waals surface area contributed by atoms with Gasteiger partial charge in [-0.1, -0.05) is 11.6 Å². The van der Waals surface area contributed by atoms with E-state index in [2.05, 4.69) is 9.97 Å². The van der Waals surface area contributed by atoms with Crippen molar-refractivity contribution in [2.75, 3.05) is 11.5 Å². The van der Waals surface area contributed by atoms with Crippen LogP contribution in [0.4, 0.5) is 5.69 Å². The summed E-state index contributed by atoms with van der Waals surface area (Å²) in [6.45, 7) is 4.61. The Kier molecular flexibility index (Phi) is 5.80. The molecule has 4 aromatic rings. The van der Waals surface area contributed by atoms with E-state index in [1.165, 1.54) is 0 Å². The Morgan fingerprint density at radius 2 is 1.77 bits per heavy atom. The summed E-state index contributed by atoms with van der Waals surface area (Å²) in [4.78, 5) is 34.6. The average molecular weight is 413 g/mol. The van der Waals surface area contributed by atoms with Gasteiger partial charge in [0.2, 0.25) is 0 Å². The normalized spacial score (nSPS) is 10.8. The van der Waals surface area contributed by atoms with Crippen LogP contribution in [0.1, 0.15) is 28.4 Å². The summed E-state index contributed by atoms with van der Waals surface area (Å²) in [5.74, 6) is 0.511. The molecule has 1 amide bonds. The molecule has 0 saturated carbocycles. The topological polar surface area (TPSA) is 75.3 Å². The maximum absolute atomic E-state index is 13.3. The molecule has 0 bridgehead atoms. The standard InChI is InChI=1S/C25H23N3O3/c1-3-31-22-7-5-21(6-8-22)28(25(30)18-10-12-26-13-11-18)16-20-15-19-14-17(2)4-9-23(19)27-24(20)29/h4-15H,3,16H2,1-2H3,(H,27,29). The second-order valence-corrected chi connectivity index (χ2v) is 7.27. The van der Waals surface area contributed by atoms with Crippen molar-refractivity contribution in [1.82, 2.24) is 9.97 Å². The molecule has 0 aliphatic rings.